The van der Waals surface area contributed by atoms with E-state index in [0.29, 0.717) is 18.0 Å². The first-order chi connectivity index (χ1) is 6.18. The molecule has 3 atom stereocenters. The molecule has 3 heteroatoms. The quantitative estimate of drug-likeness (QED) is 0.703. The van der Waals surface area contributed by atoms with Crippen molar-refractivity contribution in [2.75, 3.05) is 0 Å². The van der Waals surface area contributed by atoms with E-state index in [4.69, 9.17) is 0 Å². The zero-order valence-corrected chi connectivity index (χ0v) is 8.49. The van der Waals surface area contributed by atoms with Gasteiger partial charge in [-0.05, 0) is 26.3 Å². The molecule has 13 heavy (non-hydrogen) atoms. The molecule has 1 N–H and O–H groups in total. The number of hydrogen-bond acceptors (Lipinski definition) is 2. The lowest BCUT2D eigenvalue weighted by molar-refractivity contribution is 0.545. The fourth-order valence-corrected chi connectivity index (χ4v) is 2.34. The minimum Gasteiger partial charge on any atom is -0.311 e. The standard InChI is InChI=1S/C10H17N3/c1-7-6-9(8(2)12-7)10-4-5-11-13(10)3/h4-5,7-9,12H,6H2,1-3H3. The largest absolute Gasteiger partial charge is 0.311 e. The Morgan fingerprint density at radius 2 is 2.31 bits per heavy atom. The van der Waals surface area contributed by atoms with Gasteiger partial charge in [-0.25, -0.2) is 0 Å². The third-order valence-corrected chi connectivity index (χ3v) is 3.00. The summed E-state index contributed by atoms with van der Waals surface area (Å²) in [7, 11) is 2.02. The van der Waals surface area contributed by atoms with Crippen LogP contribution < -0.4 is 5.32 Å². The molecule has 2 rings (SSSR count). The highest BCUT2D eigenvalue weighted by Gasteiger charge is 2.30. The minimum absolute atomic E-state index is 0.574. The Bertz CT molecular complexity index is 292. The van der Waals surface area contributed by atoms with Gasteiger partial charge >= 0.3 is 0 Å². The minimum atomic E-state index is 0.574. The van der Waals surface area contributed by atoms with Crippen molar-refractivity contribution < 1.29 is 0 Å². The summed E-state index contributed by atoms with van der Waals surface area (Å²) >= 11 is 0. The lowest BCUT2D eigenvalue weighted by Crippen LogP contribution is -2.26. The highest BCUT2D eigenvalue weighted by atomic mass is 15.3. The zero-order chi connectivity index (χ0) is 9.42. The van der Waals surface area contributed by atoms with Gasteiger partial charge in [0, 0.05) is 36.9 Å². The molecule has 1 aliphatic heterocycles. The first-order valence-corrected chi connectivity index (χ1v) is 4.92. The van der Waals surface area contributed by atoms with Gasteiger partial charge in [0.1, 0.15) is 0 Å². The molecule has 2 heterocycles. The second-order valence-corrected chi connectivity index (χ2v) is 4.08. The van der Waals surface area contributed by atoms with Gasteiger partial charge in [-0.1, -0.05) is 0 Å². The SMILES string of the molecule is CC1CC(c2ccnn2C)C(C)N1. The molecule has 0 spiro atoms. The van der Waals surface area contributed by atoms with Gasteiger partial charge in [0.05, 0.1) is 0 Å². The van der Waals surface area contributed by atoms with Crippen molar-refractivity contribution in [2.45, 2.75) is 38.3 Å². The Labute approximate surface area is 79.1 Å². The van der Waals surface area contributed by atoms with Crippen molar-refractivity contribution in [2.24, 2.45) is 7.05 Å². The van der Waals surface area contributed by atoms with Crippen molar-refractivity contribution in [3.05, 3.63) is 18.0 Å². The first-order valence-electron chi connectivity index (χ1n) is 4.92. The van der Waals surface area contributed by atoms with Crippen LogP contribution in [-0.2, 0) is 7.05 Å². The van der Waals surface area contributed by atoms with Crippen LogP contribution in [0.3, 0.4) is 0 Å². The van der Waals surface area contributed by atoms with Crippen LogP contribution in [0.25, 0.3) is 0 Å². The Hall–Kier alpha value is -0.830. The summed E-state index contributed by atoms with van der Waals surface area (Å²) in [4.78, 5) is 0. The van der Waals surface area contributed by atoms with Crippen LogP contribution in [0, 0.1) is 0 Å². The molecule has 0 amide bonds. The molecule has 1 aromatic heterocycles. The number of aryl methyl sites for hydroxylation is 1. The predicted molar refractivity (Wildman–Crippen MR) is 52.6 cm³/mol. The summed E-state index contributed by atoms with van der Waals surface area (Å²) < 4.78 is 1.99. The average molecular weight is 179 g/mol. The van der Waals surface area contributed by atoms with Crippen molar-refractivity contribution >= 4 is 0 Å². The second-order valence-electron chi connectivity index (χ2n) is 4.08. The summed E-state index contributed by atoms with van der Waals surface area (Å²) in [5, 5.41) is 7.75. The van der Waals surface area contributed by atoms with E-state index in [1.807, 2.05) is 17.9 Å². The van der Waals surface area contributed by atoms with Crippen molar-refractivity contribution in [3.63, 3.8) is 0 Å². The Balaban J connectivity index is 2.22. The highest BCUT2D eigenvalue weighted by Crippen LogP contribution is 2.29. The zero-order valence-electron chi connectivity index (χ0n) is 8.49. The van der Waals surface area contributed by atoms with Crippen LogP contribution in [0.1, 0.15) is 31.9 Å². The van der Waals surface area contributed by atoms with Crippen LogP contribution in [0.5, 0.6) is 0 Å². The van der Waals surface area contributed by atoms with Crippen molar-refractivity contribution in [3.8, 4) is 0 Å². The van der Waals surface area contributed by atoms with Crippen LogP contribution in [-0.4, -0.2) is 21.9 Å². The number of aromatic nitrogens is 2. The highest BCUT2D eigenvalue weighted by molar-refractivity contribution is 5.13. The molecular weight excluding hydrogens is 162 g/mol. The molecule has 1 aromatic rings. The predicted octanol–water partition coefficient (Wildman–Crippen LogP) is 1.27. The molecule has 1 aliphatic rings. The smallest absolute Gasteiger partial charge is 0.0492 e. The lowest BCUT2D eigenvalue weighted by Gasteiger charge is -2.14. The molecule has 72 valence electrons. The van der Waals surface area contributed by atoms with Gasteiger partial charge in [0.2, 0.25) is 0 Å². The molecule has 0 radical (unpaired) electrons. The van der Waals surface area contributed by atoms with Crippen LogP contribution >= 0.6 is 0 Å². The summed E-state index contributed by atoms with van der Waals surface area (Å²) in [5.74, 6) is 0.627. The van der Waals surface area contributed by atoms with E-state index < -0.39 is 0 Å². The molecule has 1 saturated heterocycles. The van der Waals surface area contributed by atoms with E-state index in [9.17, 15) is 0 Å². The second kappa shape index (κ2) is 3.14. The molecule has 0 aliphatic carbocycles. The summed E-state index contributed by atoms with van der Waals surface area (Å²) in [6.45, 7) is 4.49. The van der Waals surface area contributed by atoms with Gasteiger partial charge in [0.25, 0.3) is 0 Å². The van der Waals surface area contributed by atoms with Gasteiger partial charge in [-0.3, -0.25) is 4.68 Å². The monoisotopic (exact) mass is 179 g/mol. The molecule has 0 saturated carbocycles. The average Bonchev–Trinajstić information content (AvgIpc) is 2.58. The van der Waals surface area contributed by atoms with Crippen LogP contribution in [0.4, 0.5) is 0 Å². The Morgan fingerprint density at radius 3 is 2.77 bits per heavy atom. The Morgan fingerprint density at radius 1 is 1.54 bits per heavy atom. The Kier molecular flexibility index (Phi) is 2.12. The molecule has 3 unspecified atom stereocenters. The number of rotatable bonds is 1. The van der Waals surface area contributed by atoms with Crippen LogP contribution in [0.15, 0.2) is 12.3 Å². The topological polar surface area (TPSA) is 29.9 Å². The fourth-order valence-electron chi connectivity index (χ4n) is 2.34. The number of nitrogens with one attached hydrogen (secondary N) is 1. The fraction of sp³-hybridized carbons (Fsp3) is 0.700. The number of nitrogens with zero attached hydrogens (tertiary/aromatic N) is 2. The normalized spacial score (nSPS) is 33.9. The maximum absolute atomic E-state index is 4.21. The maximum atomic E-state index is 4.21. The number of hydrogen-bond donors (Lipinski definition) is 1. The van der Waals surface area contributed by atoms with Gasteiger partial charge in [-0.15, -0.1) is 0 Å². The molecule has 1 fully saturated rings. The maximum Gasteiger partial charge on any atom is 0.0492 e. The first kappa shape index (κ1) is 8.75. The van der Waals surface area contributed by atoms with E-state index in [0.717, 1.165) is 0 Å². The van der Waals surface area contributed by atoms with Gasteiger partial charge in [-0.2, -0.15) is 5.10 Å². The van der Waals surface area contributed by atoms with Crippen molar-refractivity contribution in [1.82, 2.24) is 15.1 Å². The van der Waals surface area contributed by atoms with Crippen molar-refractivity contribution in [1.29, 1.82) is 0 Å². The van der Waals surface area contributed by atoms with Gasteiger partial charge < -0.3 is 5.32 Å². The van der Waals surface area contributed by atoms with E-state index >= 15 is 0 Å². The molecule has 0 bridgehead atoms. The third kappa shape index (κ3) is 1.48. The molecular formula is C10H17N3. The van der Waals surface area contributed by atoms with E-state index in [1.54, 1.807) is 0 Å². The summed E-state index contributed by atoms with van der Waals surface area (Å²) in [6.07, 6.45) is 3.10. The van der Waals surface area contributed by atoms with Gasteiger partial charge in [0.15, 0.2) is 0 Å². The summed E-state index contributed by atoms with van der Waals surface area (Å²) in [5.41, 5.74) is 1.35. The molecule has 3 nitrogen and oxygen atoms in total. The van der Waals surface area contributed by atoms with E-state index in [-0.39, 0.29) is 0 Å². The van der Waals surface area contributed by atoms with E-state index in [2.05, 4.69) is 30.3 Å². The lowest BCUT2D eigenvalue weighted by atomic mass is 9.97. The van der Waals surface area contributed by atoms with E-state index in [1.165, 1.54) is 12.1 Å². The summed E-state index contributed by atoms with van der Waals surface area (Å²) in [6, 6.07) is 3.33. The molecule has 0 aromatic carbocycles. The van der Waals surface area contributed by atoms with Crippen LogP contribution in [0.2, 0.25) is 0 Å². The third-order valence-electron chi connectivity index (χ3n) is 3.00.